The summed E-state index contributed by atoms with van der Waals surface area (Å²) in [6.45, 7) is 7.50. The first-order chi connectivity index (χ1) is 8.89. The number of rotatable bonds is 5. The second-order valence-electron chi connectivity index (χ2n) is 6.42. The number of nitrogens with one attached hydrogen (secondary N) is 1. The van der Waals surface area contributed by atoms with Crippen molar-refractivity contribution in [2.75, 3.05) is 13.1 Å². The van der Waals surface area contributed by atoms with Gasteiger partial charge in [-0.25, -0.2) is 0 Å². The van der Waals surface area contributed by atoms with Crippen LogP contribution in [0.5, 0.6) is 0 Å². The predicted molar refractivity (Wildman–Crippen MR) is 77.9 cm³/mol. The van der Waals surface area contributed by atoms with Crippen molar-refractivity contribution in [1.82, 2.24) is 5.32 Å². The van der Waals surface area contributed by atoms with Crippen LogP contribution in [0.3, 0.4) is 0 Å². The average molecular weight is 260 g/mol. The SMILES string of the molecule is Cc1ccc(C(C)(C)CNC(=O)C2(CN)CC2)cc1. The lowest BCUT2D eigenvalue weighted by Gasteiger charge is -2.27. The van der Waals surface area contributed by atoms with Crippen LogP contribution < -0.4 is 11.1 Å². The monoisotopic (exact) mass is 260 g/mol. The van der Waals surface area contributed by atoms with E-state index in [0.29, 0.717) is 13.1 Å². The van der Waals surface area contributed by atoms with Crippen LogP contribution in [0.25, 0.3) is 0 Å². The summed E-state index contributed by atoms with van der Waals surface area (Å²) in [4.78, 5) is 12.1. The van der Waals surface area contributed by atoms with Gasteiger partial charge in [-0.15, -0.1) is 0 Å². The van der Waals surface area contributed by atoms with Gasteiger partial charge in [-0.1, -0.05) is 43.7 Å². The molecule has 1 aromatic carbocycles. The fourth-order valence-corrected chi connectivity index (χ4v) is 2.27. The molecule has 104 valence electrons. The van der Waals surface area contributed by atoms with Crippen LogP contribution in [0.1, 0.15) is 37.8 Å². The second-order valence-corrected chi connectivity index (χ2v) is 6.42. The molecule has 1 aliphatic rings. The van der Waals surface area contributed by atoms with E-state index in [1.807, 2.05) is 0 Å². The Morgan fingerprint density at radius 3 is 2.37 bits per heavy atom. The number of hydrogen-bond donors (Lipinski definition) is 2. The highest BCUT2D eigenvalue weighted by molar-refractivity contribution is 5.85. The first-order valence-corrected chi connectivity index (χ1v) is 6.95. The molecular weight excluding hydrogens is 236 g/mol. The molecule has 0 heterocycles. The molecule has 0 radical (unpaired) electrons. The van der Waals surface area contributed by atoms with Crippen molar-refractivity contribution in [3.8, 4) is 0 Å². The lowest BCUT2D eigenvalue weighted by molar-refractivity contribution is -0.126. The van der Waals surface area contributed by atoms with Crippen LogP contribution in [-0.4, -0.2) is 19.0 Å². The molecule has 0 saturated heterocycles. The molecule has 0 unspecified atom stereocenters. The minimum absolute atomic E-state index is 0.0615. The number of aryl methyl sites for hydroxylation is 1. The third-order valence-electron chi connectivity index (χ3n) is 4.25. The van der Waals surface area contributed by atoms with Gasteiger partial charge in [0.2, 0.25) is 5.91 Å². The van der Waals surface area contributed by atoms with E-state index in [-0.39, 0.29) is 16.7 Å². The summed E-state index contributed by atoms with van der Waals surface area (Å²) in [5.74, 6) is 0.121. The van der Waals surface area contributed by atoms with Crippen molar-refractivity contribution in [2.45, 2.75) is 39.0 Å². The maximum absolute atomic E-state index is 12.1. The van der Waals surface area contributed by atoms with Gasteiger partial charge in [0.1, 0.15) is 0 Å². The molecule has 0 aromatic heterocycles. The summed E-state index contributed by atoms with van der Waals surface area (Å²) in [6.07, 6.45) is 1.86. The Bertz CT molecular complexity index is 458. The van der Waals surface area contributed by atoms with Gasteiger partial charge in [0.15, 0.2) is 0 Å². The van der Waals surface area contributed by atoms with Gasteiger partial charge >= 0.3 is 0 Å². The molecular formula is C16H24N2O. The molecule has 0 atom stereocenters. The van der Waals surface area contributed by atoms with Crippen LogP contribution in [0.15, 0.2) is 24.3 Å². The number of benzene rings is 1. The summed E-state index contributed by atoms with van der Waals surface area (Å²) in [7, 11) is 0. The maximum atomic E-state index is 12.1. The van der Waals surface area contributed by atoms with Crippen LogP contribution in [0, 0.1) is 12.3 Å². The molecule has 3 N–H and O–H groups in total. The van der Waals surface area contributed by atoms with Crippen molar-refractivity contribution >= 4 is 5.91 Å². The van der Waals surface area contributed by atoms with Gasteiger partial charge in [-0.05, 0) is 25.3 Å². The Hall–Kier alpha value is -1.35. The number of hydrogen-bond acceptors (Lipinski definition) is 2. The topological polar surface area (TPSA) is 55.1 Å². The maximum Gasteiger partial charge on any atom is 0.227 e. The summed E-state index contributed by atoms with van der Waals surface area (Å²) in [5.41, 5.74) is 7.85. The summed E-state index contributed by atoms with van der Waals surface area (Å²) < 4.78 is 0. The highest BCUT2D eigenvalue weighted by Gasteiger charge is 2.48. The Kier molecular flexibility index (Phi) is 3.68. The summed E-state index contributed by atoms with van der Waals surface area (Å²) >= 11 is 0. The molecule has 1 saturated carbocycles. The van der Waals surface area contributed by atoms with E-state index in [1.54, 1.807) is 0 Å². The summed E-state index contributed by atoms with van der Waals surface area (Å²) in [6, 6.07) is 8.50. The molecule has 3 nitrogen and oxygen atoms in total. The van der Waals surface area contributed by atoms with Crippen molar-refractivity contribution in [3.63, 3.8) is 0 Å². The van der Waals surface area contributed by atoms with Crippen molar-refractivity contribution in [1.29, 1.82) is 0 Å². The standard InChI is InChI=1S/C16H24N2O/c1-12-4-6-13(7-5-12)15(2,3)11-18-14(19)16(10-17)8-9-16/h4-7H,8-11,17H2,1-3H3,(H,18,19). The van der Waals surface area contributed by atoms with Gasteiger partial charge in [-0.2, -0.15) is 0 Å². The molecule has 0 bridgehead atoms. The Morgan fingerprint density at radius 1 is 1.32 bits per heavy atom. The minimum Gasteiger partial charge on any atom is -0.355 e. The zero-order valence-corrected chi connectivity index (χ0v) is 12.1. The van der Waals surface area contributed by atoms with E-state index in [0.717, 1.165) is 12.8 Å². The molecule has 3 heteroatoms. The van der Waals surface area contributed by atoms with Crippen LogP contribution >= 0.6 is 0 Å². The summed E-state index contributed by atoms with van der Waals surface area (Å²) in [5, 5.41) is 3.07. The van der Waals surface area contributed by atoms with E-state index in [4.69, 9.17) is 5.73 Å². The second kappa shape index (κ2) is 4.97. The Balaban J connectivity index is 1.98. The molecule has 1 aromatic rings. The number of amides is 1. The first-order valence-electron chi connectivity index (χ1n) is 6.95. The number of carbonyl (C=O) groups excluding carboxylic acids is 1. The molecule has 2 rings (SSSR count). The number of nitrogens with two attached hydrogens (primary N) is 1. The van der Waals surface area contributed by atoms with E-state index < -0.39 is 0 Å². The average Bonchev–Trinajstić information content (AvgIpc) is 3.17. The quantitative estimate of drug-likeness (QED) is 0.852. The lowest BCUT2D eigenvalue weighted by Crippen LogP contribution is -2.42. The van der Waals surface area contributed by atoms with E-state index in [1.165, 1.54) is 11.1 Å². The van der Waals surface area contributed by atoms with Crippen molar-refractivity contribution in [2.24, 2.45) is 11.1 Å². The smallest absolute Gasteiger partial charge is 0.227 e. The van der Waals surface area contributed by atoms with Crippen LogP contribution in [0.2, 0.25) is 0 Å². The van der Waals surface area contributed by atoms with Gasteiger partial charge in [0, 0.05) is 18.5 Å². The third kappa shape index (κ3) is 2.98. The fraction of sp³-hybridized carbons (Fsp3) is 0.562. The lowest BCUT2D eigenvalue weighted by atomic mass is 9.84. The van der Waals surface area contributed by atoms with Gasteiger partial charge in [-0.3, -0.25) is 4.79 Å². The molecule has 19 heavy (non-hydrogen) atoms. The normalized spacial score (nSPS) is 17.1. The fourth-order valence-electron chi connectivity index (χ4n) is 2.27. The molecule has 1 aliphatic carbocycles. The highest BCUT2D eigenvalue weighted by Crippen LogP contribution is 2.44. The largest absolute Gasteiger partial charge is 0.355 e. The number of carbonyl (C=O) groups is 1. The third-order valence-corrected chi connectivity index (χ3v) is 4.25. The molecule has 0 spiro atoms. The zero-order chi connectivity index (χ0) is 14.1. The van der Waals surface area contributed by atoms with Crippen LogP contribution in [-0.2, 0) is 10.2 Å². The van der Waals surface area contributed by atoms with Crippen molar-refractivity contribution in [3.05, 3.63) is 35.4 Å². The molecule has 1 fully saturated rings. The predicted octanol–water partition coefficient (Wildman–Crippen LogP) is 2.13. The zero-order valence-electron chi connectivity index (χ0n) is 12.1. The Morgan fingerprint density at radius 2 is 1.89 bits per heavy atom. The van der Waals surface area contributed by atoms with E-state index in [2.05, 4.69) is 50.4 Å². The van der Waals surface area contributed by atoms with Crippen molar-refractivity contribution < 1.29 is 4.79 Å². The highest BCUT2D eigenvalue weighted by atomic mass is 16.2. The molecule has 1 amide bonds. The Labute approximate surface area is 115 Å². The minimum atomic E-state index is -0.261. The van der Waals surface area contributed by atoms with Gasteiger partial charge < -0.3 is 11.1 Å². The van der Waals surface area contributed by atoms with E-state index in [9.17, 15) is 4.79 Å². The molecule has 0 aliphatic heterocycles. The van der Waals surface area contributed by atoms with Gasteiger partial charge in [0.05, 0.1) is 5.41 Å². The van der Waals surface area contributed by atoms with Gasteiger partial charge in [0.25, 0.3) is 0 Å². The van der Waals surface area contributed by atoms with Crippen LogP contribution in [0.4, 0.5) is 0 Å². The van der Waals surface area contributed by atoms with E-state index >= 15 is 0 Å². The first kappa shape index (κ1) is 14.1.